The van der Waals surface area contributed by atoms with Gasteiger partial charge in [0.25, 0.3) is 0 Å². The van der Waals surface area contributed by atoms with Crippen molar-refractivity contribution in [3.8, 4) is 0 Å². The Hall–Kier alpha value is -1.88. The van der Waals surface area contributed by atoms with E-state index in [-0.39, 0.29) is 17.2 Å². The van der Waals surface area contributed by atoms with Crippen LogP contribution in [0.4, 0.5) is 0 Å². The molecule has 1 saturated heterocycles. The zero-order chi connectivity index (χ0) is 16.4. The van der Waals surface area contributed by atoms with Crippen LogP contribution in [0.25, 0.3) is 5.52 Å². The molecule has 1 aliphatic carbocycles. The van der Waals surface area contributed by atoms with Gasteiger partial charge >= 0.3 is 0 Å². The molecule has 5 nitrogen and oxygen atoms in total. The molecule has 1 amide bonds. The highest BCUT2D eigenvalue weighted by atomic mass is 16.2. The zero-order valence-corrected chi connectivity index (χ0v) is 14.2. The maximum atomic E-state index is 12.8. The zero-order valence-electron chi connectivity index (χ0n) is 14.2. The van der Waals surface area contributed by atoms with Gasteiger partial charge in [-0.2, -0.15) is 0 Å². The van der Waals surface area contributed by atoms with E-state index in [1.165, 1.54) is 0 Å². The van der Waals surface area contributed by atoms with Crippen LogP contribution in [0, 0.1) is 24.2 Å². The van der Waals surface area contributed by atoms with Crippen LogP contribution in [0.15, 0.2) is 24.4 Å². The molecule has 2 fully saturated rings. The van der Waals surface area contributed by atoms with Crippen molar-refractivity contribution in [3.05, 3.63) is 35.9 Å². The van der Waals surface area contributed by atoms with Gasteiger partial charge in [-0.1, -0.05) is 13.0 Å². The standard InChI is InChI=1S/C18H24N4O/c1-11-13-7-5-6-8-22(13)16(20-11)17(2,3)21-15(23)14-12-9-19-10-18(12,14)4/h5-8,12,14,19H,9-10H2,1-4H3,(H,21,23). The highest BCUT2D eigenvalue weighted by Crippen LogP contribution is 2.60. The Morgan fingerprint density at radius 1 is 1.48 bits per heavy atom. The summed E-state index contributed by atoms with van der Waals surface area (Å²) >= 11 is 0. The predicted octanol–water partition coefficient (Wildman–Crippen LogP) is 1.85. The van der Waals surface area contributed by atoms with E-state index in [4.69, 9.17) is 4.98 Å². The fourth-order valence-corrected chi connectivity index (χ4v) is 4.31. The number of nitrogens with one attached hydrogen (secondary N) is 2. The SMILES string of the molecule is Cc1nc(C(C)(C)NC(=O)C2C3CNCC32C)n2ccccc12. The van der Waals surface area contributed by atoms with E-state index in [0.29, 0.717) is 5.92 Å². The van der Waals surface area contributed by atoms with E-state index in [2.05, 4.69) is 28.0 Å². The minimum atomic E-state index is -0.504. The van der Waals surface area contributed by atoms with Gasteiger partial charge in [0.2, 0.25) is 5.91 Å². The Bertz CT molecular complexity index is 793. The quantitative estimate of drug-likeness (QED) is 0.909. The number of rotatable bonds is 3. The van der Waals surface area contributed by atoms with Gasteiger partial charge in [-0.15, -0.1) is 0 Å². The summed E-state index contributed by atoms with van der Waals surface area (Å²) in [7, 11) is 0. The smallest absolute Gasteiger partial charge is 0.224 e. The normalized spacial score (nSPS) is 29.6. The molecule has 2 aliphatic rings. The van der Waals surface area contributed by atoms with Crippen molar-refractivity contribution in [2.24, 2.45) is 17.3 Å². The van der Waals surface area contributed by atoms with Gasteiger partial charge in [0.1, 0.15) is 5.82 Å². The van der Waals surface area contributed by atoms with E-state index in [0.717, 1.165) is 30.1 Å². The van der Waals surface area contributed by atoms with Crippen molar-refractivity contribution in [3.63, 3.8) is 0 Å². The van der Waals surface area contributed by atoms with E-state index in [1.807, 2.05) is 39.1 Å². The van der Waals surface area contributed by atoms with E-state index >= 15 is 0 Å². The molecule has 4 rings (SSSR count). The molecule has 2 aromatic rings. The molecule has 1 saturated carbocycles. The summed E-state index contributed by atoms with van der Waals surface area (Å²) in [6.45, 7) is 10.2. The lowest BCUT2D eigenvalue weighted by Gasteiger charge is -2.26. The minimum Gasteiger partial charge on any atom is -0.344 e. The number of carbonyl (C=O) groups is 1. The Morgan fingerprint density at radius 2 is 2.26 bits per heavy atom. The van der Waals surface area contributed by atoms with Crippen LogP contribution in [0.1, 0.15) is 32.3 Å². The maximum Gasteiger partial charge on any atom is 0.224 e. The number of carbonyl (C=O) groups excluding carboxylic acids is 1. The molecule has 3 heterocycles. The summed E-state index contributed by atoms with van der Waals surface area (Å²) in [4.78, 5) is 17.5. The van der Waals surface area contributed by atoms with Crippen molar-refractivity contribution >= 4 is 11.4 Å². The van der Waals surface area contributed by atoms with Crippen molar-refractivity contribution in [2.75, 3.05) is 13.1 Å². The summed E-state index contributed by atoms with van der Waals surface area (Å²) in [6, 6.07) is 6.06. The molecule has 0 radical (unpaired) electrons. The van der Waals surface area contributed by atoms with Crippen LogP contribution in [-0.4, -0.2) is 28.4 Å². The number of nitrogens with zero attached hydrogens (tertiary/aromatic N) is 2. The van der Waals surface area contributed by atoms with Crippen LogP contribution < -0.4 is 10.6 Å². The topological polar surface area (TPSA) is 58.4 Å². The van der Waals surface area contributed by atoms with Crippen LogP contribution in [0.5, 0.6) is 0 Å². The number of pyridine rings is 1. The first-order chi connectivity index (χ1) is 10.8. The summed E-state index contributed by atoms with van der Waals surface area (Å²) in [5.41, 5.74) is 1.72. The van der Waals surface area contributed by atoms with Crippen LogP contribution >= 0.6 is 0 Å². The monoisotopic (exact) mass is 312 g/mol. The molecule has 5 heteroatoms. The van der Waals surface area contributed by atoms with Gasteiger partial charge in [0.15, 0.2) is 0 Å². The van der Waals surface area contributed by atoms with E-state index < -0.39 is 5.54 Å². The number of amides is 1. The molecule has 122 valence electrons. The average Bonchev–Trinajstić information content (AvgIpc) is 2.79. The van der Waals surface area contributed by atoms with Crippen LogP contribution in [0.2, 0.25) is 0 Å². The Kier molecular flexibility index (Phi) is 2.92. The Balaban J connectivity index is 1.61. The molecule has 23 heavy (non-hydrogen) atoms. The number of fused-ring (bicyclic) bond motifs is 2. The highest BCUT2D eigenvalue weighted by molar-refractivity contribution is 5.84. The molecule has 3 atom stereocenters. The van der Waals surface area contributed by atoms with Gasteiger partial charge in [-0.3, -0.25) is 4.79 Å². The number of aromatic nitrogens is 2. The van der Waals surface area contributed by atoms with Gasteiger partial charge in [0.05, 0.1) is 16.7 Å². The van der Waals surface area contributed by atoms with Gasteiger partial charge in [-0.05, 0) is 50.8 Å². The first-order valence-electron chi connectivity index (χ1n) is 8.31. The van der Waals surface area contributed by atoms with Crippen molar-refractivity contribution in [1.82, 2.24) is 20.0 Å². The number of imidazole rings is 1. The molecular weight excluding hydrogens is 288 g/mol. The second-order valence-corrected chi connectivity index (χ2v) is 7.81. The van der Waals surface area contributed by atoms with Gasteiger partial charge in [0, 0.05) is 18.7 Å². The molecular formula is C18H24N4O. The van der Waals surface area contributed by atoms with Crippen molar-refractivity contribution in [2.45, 2.75) is 33.2 Å². The van der Waals surface area contributed by atoms with E-state index in [1.54, 1.807) is 0 Å². The van der Waals surface area contributed by atoms with Crippen molar-refractivity contribution in [1.29, 1.82) is 0 Å². The molecule has 2 N–H and O–H groups in total. The highest BCUT2D eigenvalue weighted by Gasteiger charge is 2.67. The third kappa shape index (κ3) is 2.02. The third-order valence-corrected chi connectivity index (χ3v) is 5.73. The van der Waals surface area contributed by atoms with Crippen LogP contribution in [-0.2, 0) is 10.3 Å². The number of piperidine rings is 1. The minimum absolute atomic E-state index is 0.135. The first kappa shape index (κ1) is 14.7. The fraction of sp³-hybridized carbons (Fsp3) is 0.556. The van der Waals surface area contributed by atoms with Crippen molar-refractivity contribution < 1.29 is 4.79 Å². The first-order valence-corrected chi connectivity index (χ1v) is 8.31. The summed E-state index contributed by atoms with van der Waals surface area (Å²) in [5, 5.41) is 6.62. The Labute approximate surface area is 136 Å². The molecule has 1 aliphatic heterocycles. The lowest BCUT2D eigenvalue weighted by atomic mass is 10.0. The third-order valence-electron chi connectivity index (χ3n) is 5.73. The number of hydrogen-bond acceptors (Lipinski definition) is 3. The van der Waals surface area contributed by atoms with Gasteiger partial charge in [-0.25, -0.2) is 4.98 Å². The van der Waals surface area contributed by atoms with Crippen LogP contribution in [0.3, 0.4) is 0 Å². The second-order valence-electron chi connectivity index (χ2n) is 7.81. The molecule has 2 aromatic heterocycles. The molecule has 0 aromatic carbocycles. The second kappa shape index (κ2) is 4.57. The average molecular weight is 312 g/mol. The maximum absolute atomic E-state index is 12.8. The summed E-state index contributed by atoms with van der Waals surface area (Å²) < 4.78 is 2.08. The molecule has 3 unspecified atom stereocenters. The summed E-state index contributed by atoms with van der Waals surface area (Å²) in [6.07, 6.45) is 2.01. The molecule has 0 spiro atoms. The molecule has 0 bridgehead atoms. The largest absolute Gasteiger partial charge is 0.344 e. The Morgan fingerprint density at radius 3 is 2.96 bits per heavy atom. The lowest BCUT2D eigenvalue weighted by molar-refractivity contribution is -0.125. The fourth-order valence-electron chi connectivity index (χ4n) is 4.31. The lowest BCUT2D eigenvalue weighted by Crippen LogP contribution is -2.44. The predicted molar refractivity (Wildman–Crippen MR) is 89.1 cm³/mol. The van der Waals surface area contributed by atoms with E-state index in [9.17, 15) is 4.79 Å². The number of hydrogen-bond donors (Lipinski definition) is 2. The number of aryl methyl sites for hydroxylation is 1. The summed E-state index contributed by atoms with van der Waals surface area (Å²) in [5.74, 6) is 1.66. The van der Waals surface area contributed by atoms with Gasteiger partial charge < -0.3 is 15.0 Å².